The van der Waals surface area contributed by atoms with E-state index in [4.69, 9.17) is 10.2 Å². The predicted octanol–water partition coefficient (Wildman–Crippen LogP) is 5.03. The summed E-state index contributed by atoms with van der Waals surface area (Å²) in [5, 5.41) is 2.96. The highest BCUT2D eigenvalue weighted by molar-refractivity contribution is 7.22. The Morgan fingerprint density at radius 2 is 1.56 bits per heavy atom. The summed E-state index contributed by atoms with van der Waals surface area (Å²) >= 11 is 1.53. The number of hydrogen-bond acceptors (Lipinski definition) is 5. The zero-order valence-electron chi connectivity index (χ0n) is 19.0. The third-order valence-corrected chi connectivity index (χ3v) is 12.1. The minimum atomic E-state index is -2.75. The van der Waals surface area contributed by atoms with E-state index in [1.54, 1.807) is 0 Å². The molecule has 0 bridgehead atoms. The zero-order valence-corrected chi connectivity index (χ0v) is 20.8. The molecule has 4 aromatic rings. The molecule has 164 valence electrons. The topological polar surface area (TPSA) is 51.2 Å². The minimum absolute atomic E-state index is 0.118. The van der Waals surface area contributed by atoms with Gasteiger partial charge in [-0.1, -0.05) is 92.8 Å². The van der Waals surface area contributed by atoms with Crippen LogP contribution in [0.3, 0.4) is 0 Å². The van der Waals surface area contributed by atoms with E-state index in [0.29, 0.717) is 11.2 Å². The quantitative estimate of drug-likeness (QED) is 0.336. The maximum Gasteiger partial charge on any atom is 0.320 e. The molecular weight excluding hydrogens is 430 g/mol. The Labute approximate surface area is 194 Å². The van der Waals surface area contributed by atoms with Crippen LogP contribution in [0.25, 0.3) is 10.2 Å². The van der Waals surface area contributed by atoms with E-state index in [9.17, 15) is 0 Å². The average Bonchev–Trinajstić information content (AvgIpc) is 3.38. The first-order chi connectivity index (χ1) is 15.3. The van der Waals surface area contributed by atoms with E-state index in [-0.39, 0.29) is 5.04 Å². The van der Waals surface area contributed by atoms with Crippen molar-refractivity contribution in [1.29, 1.82) is 0 Å². The first kappa shape index (κ1) is 21.0. The van der Waals surface area contributed by atoms with Crippen LogP contribution in [-0.4, -0.2) is 25.9 Å². The van der Waals surface area contributed by atoms with Crippen LogP contribution in [-0.2, 0) is 0 Å². The van der Waals surface area contributed by atoms with Gasteiger partial charge in [0.05, 0.1) is 4.70 Å². The number of nitrogens with zero attached hydrogens (tertiary/aromatic N) is 2. The molecule has 1 aliphatic rings. The zero-order chi connectivity index (χ0) is 22.5. The molecule has 1 unspecified atom stereocenters. The van der Waals surface area contributed by atoms with E-state index in [2.05, 4.69) is 110 Å². The molecule has 2 N–H and O–H groups in total. The number of thiazole rings is 1. The van der Waals surface area contributed by atoms with Crippen molar-refractivity contribution in [2.24, 2.45) is 0 Å². The molecule has 0 saturated carbocycles. The van der Waals surface area contributed by atoms with Crippen LogP contribution < -0.4 is 25.4 Å². The van der Waals surface area contributed by atoms with Crippen LogP contribution in [0.5, 0.6) is 5.75 Å². The van der Waals surface area contributed by atoms with Gasteiger partial charge >= 0.3 is 8.32 Å². The largest absolute Gasteiger partial charge is 0.532 e. The van der Waals surface area contributed by atoms with Gasteiger partial charge in [-0.15, -0.1) is 0 Å². The molecule has 0 radical (unpaired) electrons. The summed E-state index contributed by atoms with van der Waals surface area (Å²) in [7, 11) is -2.75. The lowest BCUT2D eigenvalue weighted by atomic mass is 10.2. The van der Waals surface area contributed by atoms with Crippen LogP contribution in [0.4, 0.5) is 10.8 Å². The molecule has 5 rings (SSSR count). The summed E-state index contributed by atoms with van der Waals surface area (Å²) in [4.78, 5) is 7.06. The molecular formula is C26H29N3OSSi. The molecule has 2 heterocycles. The molecule has 3 aromatic carbocycles. The second-order valence-electron chi connectivity index (χ2n) is 9.61. The number of benzene rings is 3. The molecule has 1 aliphatic heterocycles. The van der Waals surface area contributed by atoms with Crippen molar-refractivity contribution < 1.29 is 4.43 Å². The predicted molar refractivity (Wildman–Crippen MR) is 139 cm³/mol. The Morgan fingerprint density at radius 1 is 1.00 bits per heavy atom. The lowest BCUT2D eigenvalue weighted by molar-refractivity contribution is 0.512. The Kier molecular flexibility index (Phi) is 5.02. The number of fused-ring (bicyclic) bond motifs is 1. The number of anilines is 2. The monoisotopic (exact) mass is 459 g/mol. The number of hydrogen-bond donors (Lipinski definition) is 1. The summed E-state index contributed by atoms with van der Waals surface area (Å²) in [6.45, 7) is 10.2. The fourth-order valence-electron chi connectivity index (χ4n) is 4.66. The smallest absolute Gasteiger partial charge is 0.320 e. The van der Waals surface area contributed by atoms with Crippen LogP contribution in [0, 0.1) is 0 Å². The van der Waals surface area contributed by atoms with Crippen LogP contribution in [0.2, 0.25) is 5.04 Å². The van der Waals surface area contributed by atoms with E-state index in [0.717, 1.165) is 22.5 Å². The van der Waals surface area contributed by atoms with Gasteiger partial charge in [0.1, 0.15) is 11.3 Å². The molecule has 6 heteroatoms. The van der Waals surface area contributed by atoms with Gasteiger partial charge < -0.3 is 15.1 Å². The van der Waals surface area contributed by atoms with Crippen molar-refractivity contribution in [1.82, 2.24) is 4.98 Å². The molecule has 1 aromatic heterocycles. The lowest BCUT2D eigenvalue weighted by Crippen LogP contribution is -2.68. The van der Waals surface area contributed by atoms with Gasteiger partial charge in [0.15, 0.2) is 5.13 Å². The molecule has 4 nitrogen and oxygen atoms in total. The van der Waals surface area contributed by atoms with E-state index >= 15 is 0 Å². The molecule has 0 aliphatic carbocycles. The maximum absolute atomic E-state index is 7.32. The molecule has 1 saturated heterocycles. The van der Waals surface area contributed by atoms with Gasteiger partial charge in [-0.3, -0.25) is 0 Å². The highest BCUT2D eigenvalue weighted by Crippen LogP contribution is 2.43. The normalized spacial score (nSPS) is 16.4. The fourth-order valence-corrected chi connectivity index (χ4v) is 9.86. The number of aromatic nitrogens is 1. The molecule has 32 heavy (non-hydrogen) atoms. The van der Waals surface area contributed by atoms with E-state index < -0.39 is 8.32 Å². The van der Waals surface area contributed by atoms with Crippen molar-refractivity contribution >= 4 is 51.1 Å². The molecule has 1 atom stereocenters. The standard InChI is InChI=1S/C26H29N3OSSi/c1-18-17-29(18)19-15-22(24-23(16-19)31-25(27)28-24)30-32(26(2,3)4,20-11-7-5-8-12-20)21-13-9-6-10-14-21/h5-16,18H,17H2,1-4H3,(H2,27,28). The minimum Gasteiger partial charge on any atom is -0.532 e. The van der Waals surface area contributed by atoms with Gasteiger partial charge in [0.25, 0.3) is 0 Å². The molecule has 0 amide bonds. The average molecular weight is 460 g/mol. The van der Waals surface area contributed by atoms with Gasteiger partial charge in [-0.05, 0) is 28.4 Å². The van der Waals surface area contributed by atoms with E-state index in [1.165, 1.54) is 27.4 Å². The van der Waals surface area contributed by atoms with E-state index in [1.807, 2.05) is 0 Å². The number of nitrogen functional groups attached to an aromatic ring is 1. The van der Waals surface area contributed by atoms with Crippen molar-refractivity contribution in [3.63, 3.8) is 0 Å². The third-order valence-electron chi connectivity index (χ3n) is 6.33. The first-order valence-corrected chi connectivity index (χ1v) is 13.8. The fraction of sp³-hybridized carbons (Fsp3) is 0.269. The highest BCUT2D eigenvalue weighted by Gasteiger charge is 2.52. The lowest BCUT2D eigenvalue weighted by Gasteiger charge is -2.43. The summed E-state index contributed by atoms with van der Waals surface area (Å²) in [6.07, 6.45) is 0. The van der Waals surface area contributed by atoms with Gasteiger partial charge in [0, 0.05) is 24.3 Å². The SMILES string of the molecule is CC1CN1c1cc(O[Si](c2ccccc2)(c2ccccc2)C(C)(C)C)c2nc(N)sc2c1. The van der Waals surface area contributed by atoms with Crippen LogP contribution in [0.1, 0.15) is 27.7 Å². The van der Waals surface area contributed by atoms with Crippen molar-refractivity contribution in [3.05, 3.63) is 72.8 Å². The van der Waals surface area contributed by atoms with Crippen molar-refractivity contribution in [2.45, 2.75) is 38.8 Å². The summed E-state index contributed by atoms with van der Waals surface area (Å²) < 4.78 is 8.40. The highest BCUT2D eigenvalue weighted by atomic mass is 32.1. The second-order valence-corrected chi connectivity index (χ2v) is 14.9. The number of nitrogens with two attached hydrogens (primary N) is 1. The Morgan fingerprint density at radius 3 is 2.06 bits per heavy atom. The summed E-state index contributed by atoms with van der Waals surface area (Å²) in [6, 6.07) is 26.4. The van der Waals surface area contributed by atoms with Gasteiger partial charge in [-0.2, -0.15) is 0 Å². The van der Waals surface area contributed by atoms with Crippen LogP contribution >= 0.6 is 11.3 Å². The molecule has 1 fully saturated rings. The van der Waals surface area contributed by atoms with Crippen molar-refractivity contribution in [3.8, 4) is 5.75 Å². The third kappa shape index (κ3) is 3.47. The Hall–Kier alpha value is -2.83. The maximum atomic E-state index is 7.32. The van der Waals surface area contributed by atoms with Crippen LogP contribution in [0.15, 0.2) is 72.8 Å². The summed E-state index contributed by atoms with van der Waals surface area (Å²) in [5.74, 6) is 0.832. The van der Waals surface area contributed by atoms with Gasteiger partial charge in [0.2, 0.25) is 0 Å². The van der Waals surface area contributed by atoms with Crippen molar-refractivity contribution in [2.75, 3.05) is 17.2 Å². The Bertz CT molecular complexity index is 1210. The number of rotatable bonds is 5. The molecule has 0 spiro atoms. The Balaban J connectivity index is 1.76. The first-order valence-electron chi connectivity index (χ1n) is 11.1. The summed E-state index contributed by atoms with van der Waals surface area (Å²) in [5.41, 5.74) is 8.19. The second kappa shape index (κ2) is 7.64. The van der Waals surface area contributed by atoms with Gasteiger partial charge in [-0.25, -0.2) is 4.98 Å².